The minimum absolute atomic E-state index is 0.206. The van der Waals surface area contributed by atoms with E-state index in [-0.39, 0.29) is 5.57 Å². The fourth-order valence-electron chi connectivity index (χ4n) is 1.21. The van der Waals surface area contributed by atoms with Crippen LogP contribution >= 0.6 is 0 Å². The van der Waals surface area contributed by atoms with Gasteiger partial charge in [-0.3, -0.25) is 4.79 Å². The number of ether oxygens (including phenoxy) is 3. The van der Waals surface area contributed by atoms with Crippen LogP contribution in [0.25, 0.3) is 0 Å². The number of methoxy groups -OCH3 is 1. The van der Waals surface area contributed by atoms with Crippen molar-refractivity contribution < 1.29 is 28.6 Å². The number of unbranched alkanes of at least 4 members (excludes halogenated alkanes) is 2. The molecule has 0 amide bonds. The molecule has 1 heterocycles. The standard InChI is InChI=1S/C13H14O6/c1-13(2)18-11(15)9(12(16)19-13)7-5-4-6-8-10(14)17-3/h4-8H,1-3H3. The predicted octanol–water partition coefficient (Wildman–Crippen LogP) is 0.739. The molecule has 0 spiro atoms. The number of allylic oxidation sites excluding steroid dienone is 1. The van der Waals surface area contributed by atoms with Crippen molar-refractivity contribution in [3.63, 3.8) is 0 Å². The monoisotopic (exact) mass is 266 g/mol. The average Bonchev–Trinajstić information content (AvgIpc) is 2.29. The Morgan fingerprint density at radius 1 is 1.11 bits per heavy atom. The molecule has 4 radical (unpaired) electrons. The molecule has 0 aromatic carbocycles. The zero-order valence-corrected chi connectivity index (χ0v) is 10.8. The number of hydrogen-bond donors (Lipinski definition) is 0. The van der Waals surface area contributed by atoms with Gasteiger partial charge >= 0.3 is 17.9 Å². The molecule has 0 bridgehead atoms. The molecule has 0 atom stereocenters. The third kappa shape index (κ3) is 4.73. The molecule has 1 aliphatic heterocycles. The second-order valence-corrected chi connectivity index (χ2v) is 4.03. The normalized spacial score (nSPS) is 17.5. The van der Waals surface area contributed by atoms with Gasteiger partial charge in [0.05, 0.1) is 13.5 Å². The topological polar surface area (TPSA) is 78.9 Å². The molecule has 6 heteroatoms. The molecule has 0 aromatic heterocycles. The smallest absolute Gasteiger partial charge is 0.348 e. The summed E-state index contributed by atoms with van der Waals surface area (Å²) in [5.41, 5.74) is -0.206. The molecule has 0 saturated carbocycles. The van der Waals surface area contributed by atoms with E-state index < -0.39 is 23.7 Å². The summed E-state index contributed by atoms with van der Waals surface area (Å²) in [6.45, 7) is 2.93. The van der Waals surface area contributed by atoms with E-state index in [0.29, 0.717) is 0 Å². The number of rotatable bonds is 5. The predicted molar refractivity (Wildman–Crippen MR) is 63.6 cm³/mol. The van der Waals surface area contributed by atoms with Crippen molar-refractivity contribution in [3.05, 3.63) is 37.3 Å². The zero-order chi connectivity index (χ0) is 14.5. The van der Waals surface area contributed by atoms with Crippen molar-refractivity contribution >= 4 is 17.9 Å². The van der Waals surface area contributed by atoms with Crippen molar-refractivity contribution in [2.45, 2.75) is 19.6 Å². The van der Waals surface area contributed by atoms with Gasteiger partial charge in [-0.2, -0.15) is 0 Å². The maximum Gasteiger partial charge on any atom is 0.348 e. The molecule has 102 valence electrons. The Labute approximate surface area is 111 Å². The average molecular weight is 266 g/mol. The van der Waals surface area contributed by atoms with E-state index in [2.05, 4.69) is 4.74 Å². The van der Waals surface area contributed by atoms with Crippen LogP contribution in [-0.2, 0) is 28.6 Å². The van der Waals surface area contributed by atoms with Gasteiger partial charge in [-0.1, -0.05) is 6.08 Å². The van der Waals surface area contributed by atoms with Crippen molar-refractivity contribution in [3.8, 4) is 0 Å². The first-order chi connectivity index (χ1) is 8.85. The maximum absolute atomic E-state index is 11.5. The number of carbonyl (C=O) groups excluding carboxylic acids is 3. The van der Waals surface area contributed by atoms with Gasteiger partial charge in [-0.25, -0.2) is 9.59 Å². The van der Waals surface area contributed by atoms with Crippen LogP contribution in [0.2, 0.25) is 0 Å². The fraction of sp³-hybridized carbons (Fsp3) is 0.308. The molecule has 0 unspecified atom stereocenters. The number of esters is 3. The minimum Gasteiger partial charge on any atom is -0.469 e. The first-order valence-corrected chi connectivity index (χ1v) is 5.45. The summed E-state index contributed by atoms with van der Waals surface area (Å²) in [5.74, 6) is -3.25. The van der Waals surface area contributed by atoms with Crippen molar-refractivity contribution in [1.82, 2.24) is 0 Å². The Hall–Kier alpha value is -1.85. The van der Waals surface area contributed by atoms with E-state index in [4.69, 9.17) is 9.47 Å². The van der Waals surface area contributed by atoms with E-state index in [1.54, 1.807) is 0 Å². The summed E-state index contributed by atoms with van der Waals surface area (Å²) in [6, 6.07) is 0. The van der Waals surface area contributed by atoms with Gasteiger partial charge in [0.15, 0.2) is 0 Å². The molecule has 1 aliphatic rings. The van der Waals surface area contributed by atoms with Gasteiger partial charge in [-0.05, 0) is 19.3 Å². The molecule has 0 N–H and O–H groups in total. The highest BCUT2D eigenvalue weighted by Gasteiger charge is 2.38. The van der Waals surface area contributed by atoms with Gasteiger partial charge in [0.2, 0.25) is 0 Å². The Kier molecular flexibility index (Phi) is 5.09. The largest absolute Gasteiger partial charge is 0.469 e. The van der Waals surface area contributed by atoms with Crippen LogP contribution in [0.3, 0.4) is 0 Å². The number of cyclic esters (lactones) is 2. The molecule has 0 aliphatic carbocycles. The zero-order valence-electron chi connectivity index (χ0n) is 10.8. The van der Waals surface area contributed by atoms with E-state index in [1.807, 2.05) is 0 Å². The molecule has 0 aromatic rings. The molecule has 6 nitrogen and oxygen atoms in total. The van der Waals surface area contributed by atoms with Gasteiger partial charge in [0, 0.05) is 13.8 Å². The second-order valence-electron chi connectivity index (χ2n) is 4.03. The van der Waals surface area contributed by atoms with E-state index in [9.17, 15) is 14.4 Å². The molecule has 1 rings (SSSR count). The highest BCUT2D eigenvalue weighted by Crippen LogP contribution is 2.22. The van der Waals surface area contributed by atoms with E-state index in [0.717, 1.165) is 0 Å². The molecular formula is C13H14O6. The summed E-state index contributed by atoms with van der Waals surface area (Å²) in [4.78, 5) is 33.8. The lowest BCUT2D eigenvalue weighted by molar-refractivity contribution is -0.222. The number of carbonyl (C=O) groups is 3. The summed E-state index contributed by atoms with van der Waals surface area (Å²) in [6.07, 6.45) is 6.73. The van der Waals surface area contributed by atoms with Crippen LogP contribution in [0.1, 0.15) is 13.8 Å². The lowest BCUT2D eigenvalue weighted by Gasteiger charge is -2.29. The van der Waals surface area contributed by atoms with Gasteiger partial charge in [-0.15, -0.1) is 0 Å². The number of hydrogen-bond acceptors (Lipinski definition) is 6. The fourth-order valence-corrected chi connectivity index (χ4v) is 1.21. The lowest BCUT2D eigenvalue weighted by atomic mass is 10.1. The molecule has 1 saturated heterocycles. The van der Waals surface area contributed by atoms with Crippen LogP contribution in [0, 0.1) is 25.7 Å². The Morgan fingerprint density at radius 3 is 2.21 bits per heavy atom. The van der Waals surface area contributed by atoms with E-state index in [1.165, 1.54) is 52.7 Å². The summed E-state index contributed by atoms with van der Waals surface area (Å²) in [7, 11) is 1.26. The maximum atomic E-state index is 11.5. The molecule has 19 heavy (non-hydrogen) atoms. The van der Waals surface area contributed by atoms with Gasteiger partial charge in [0.1, 0.15) is 5.57 Å². The molecular weight excluding hydrogens is 252 g/mol. The third-order valence-corrected chi connectivity index (χ3v) is 2.04. The van der Waals surface area contributed by atoms with Gasteiger partial charge < -0.3 is 14.2 Å². The van der Waals surface area contributed by atoms with Crippen LogP contribution < -0.4 is 0 Å². The summed E-state index contributed by atoms with van der Waals surface area (Å²) >= 11 is 0. The highest BCUT2D eigenvalue weighted by atomic mass is 16.7. The lowest BCUT2D eigenvalue weighted by Crippen LogP contribution is -2.41. The van der Waals surface area contributed by atoms with Crippen molar-refractivity contribution in [1.29, 1.82) is 0 Å². The Balaban J connectivity index is 2.43. The van der Waals surface area contributed by atoms with Crippen LogP contribution in [0.5, 0.6) is 0 Å². The van der Waals surface area contributed by atoms with E-state index >= 15 is 0 Å². The van der Waals surface area contributed by atoms with Crippen molar-refractivity contribution in [2.75, 3.05) is 7.11 Å². The Bertz CT molecular complexity index is 385. The third-order valence-electron chi connectivity index (χ3n) is 2.04. The summed E-state index contributed by atoms with van der Waals surface area (Å²) < 4.78 is 14.2. The quantitative estimate of drug-likeness (QED) is 0.316. The minimum atomic E-state index is -1.25. The van der Waals surface area contributed by atoms with Crippen molar-refractivity contribution in [2.24, 2.45) is 0 Å². The Morgan fingerprint density at radius 2 is 1.68 bits per heavy atom. The first-order valence-electron chi connectivity index (χ1n) is 5.45. The summed E-state index contributed by atoms with van der Waals surface area (Å²) in [5, 5.41) is 0. The first kappa shape index (κ1) is 15.2. The van der Waals surface area contributed by atoms with Crippen LogP contribution in [-0.4, -0.2) is 30.8 Å². The second kappa shape index (κ2) is 6.36. The van der Waals surface area contributed by atoms with Crippen LogP contribution in [0.15, 0.2) is 11.6 Å². The highest BCUT2D eigenvalue weighted by molar-refractivity contribution is 6.15. The van der Waals surface area contributed by atoms with Crippen LogP contribution in [0.4, 0.5) is 0 Å². The SMILES string of the molecule is COC(=O)[CH][CH][CH][CH]C=C1C(=O)OC(C)(C)OC1=O. The molecule has 1 fully saturated rings. The van der Waals surface area contributed by atoms with Gasteiger partial charge in [0.25, 0.3) is 5.79 Å².